The molecule has 90 heavy (non-hydrogen) atoms. The second kappa shape index (κ2) is 21.6. The van der Waals surface area contributed by atoms with E-state index in [4.69, 9.17) is 19.4 Å². The van der Waals surface area contributed by atoms with Gasteiger partial charge in [-0.15, -0.1) is 0 Å². The lowest BCUT2D eigenvalue weighted by molar-refractivity contribution is 0.592. The first kappa shape index (κ1) is 52.6. The molecule has 424 valence electrons. The second-order valence-electron chi connectivity index (χ2n) is 22.7. The Morgan fingerprint density at radius 1 is 0.289 bits per heavy atom. The van der Waals surface area contributed by atoms with Crippen molar-refractivity contribution in [2.75, 3.05) is 4.90 Å². The third kappa shape index (κ3) is 8.91. The lowest BCUT2D eigenvalue weighted by Crippen LogP contribution is -2.24. The molecule has 0 aliphatic carbocycles. The lowest BCUT2D eigenvalue weighted by Gasteiger charge is -2.26. The maximum absolute atomic E-state index is 15.3. The molecule has 0 saturated heterocycles. The highest BCUT2D eigenvalue weighted by Gasteiger charge is 2.30. The minimum Gasteiger partial charge on any atom is -0.456 e. The van der Waals surface area contributed by atoms with E-state index in [9.17, 15) is 0 Å². The van der Waals surface area contributed by atoms with E-state index in [0.29, 0.717) is 17.6 Å². The molecule has 0 unspecified atom stereocenters. The molecule has 0 amide bonds. The molecular formula is C81H53N6O2P. The van der Waals surface area contributed by atoms with Crippen LogP contribution < -0.4 is 20.8 Å². The van der Waals surface area contributed by atoms with Gasteiger partial charge in [0.25, 0.3) is 0 Å². The average molecular weight is 1170 g/mol. The SMILES string of the molecule is O=P(c1ccccc1)(c1ccccc1)c1ccc(-c2ccc(N(c3ccc(-c4ccc(-n5c6ccccc6c6ccccc65)cc4)cc3)c3ccc4c(c3)c3cc5oc6ccccc6c5cc3n4-c3nc(-c4ccccc4)nc(-c4ccccc4)n3)cc2)cc1. The molecule has 0 radical (unpaired) electrons. The summed E-state index contributed by atoms with van der Waals surface area (Å²) in [5.41, 5.74) is 15.9. The molecule has 0 fully saturated rings. The predicted molar refractivity (Wildman–Crippen MR) is 372 cm³/mol. The van der Waals surface area contributed by atoms with E-state index in [0.717, 1.165) is 116 Å². The Balaban J connectivity index is 0.806. The first-order valence-corrected chi connectivity index (χ1v) is 31.9. The molecule has 17 rings (SSSR count). The zero-order valence-corrected chi connectivity index (χ0v) is 49.4. The molecule has 0 spiro atoms. The highest BCUT2D eigenvalue weighted by molar-refractivity contribution is 7.85. The quantitative estimate of drug-likeness (QED) is 0.113. The van der Waals surface area contributed by atoms with Gasteiger partial charge in [-0.1, -0.05) is 237 Å². The predicted octanol–water partition coefficient (Wildman–Crippen LogP) is 19.7. The van der Waals surface area contributed by atoms with Crippen LogP contribution in [0.3, 0.4) is 0 Å². The van der Waals surface area contributed by atoms with Gasteiger partial charge in [0.05, 0.1) is 22.1 Å². The Kier molecular flexibility index (Phi) is 12.6. The zero-order valence-electron chi connectivity index (χ0n) is 48.5. The lowest BCUT2D eigenvalue weighted by atomic mass is 10.0. The number of rotatable bonds is 12. The standard InChI is InChI=1S/C81H53N6O2P/c88-90(64-23-9-3-10-24-64,65-25-11-4-12-26-65)66-48-39-57(40-49-66)56-35-43-61(44-36-56)85(60-41-33-54(34-42-60)55-37-45-62(46-38-55)86-73-30-16-13-27-67(73)68-28-14-17-31-74(68)86)63-47-50-75-70(51-63)71-53-78-72(69-29-15-18-32-77(69)89-78)52-76(71)87(75)81-83-79(58-19-5-1-6-20-58)82-80(84-81)59-21-7-2-8-22-59/h1-53H. The van der Waals surface area contributed by atoms with Crippen molar-refractivity contribution in [2.24, 2.45) is 0 Å². The Morgan fingerprint density at radius 2 is 0.711 bits per heavy atom. The second-order valence-corrected chi connectivity index (χ2v) is 25.5. The minimum atomic E-state index is -3.15. The monoisotopic (exact) mass is 1170 g/mol. The number of para-hydroxylation sites is 3. The molecule has 13 aromatic carbocycles. The van der Waals surface area contributed by atoms with E-state index in [1.807, 2.05) is 146 Å². The number of benzene rings is 13. The van der Waals surface area contributed by atoms with Gasteiger partial charge < -0.3 is 18.4 Å². The van der Waals surface area contributed by atoms with Crippen LogP contribution >= 0.6 is 7.14 Å². The van der Waals surface area contributed by atoms with Crippen LogP contribution in [0.4, 0.5) is 17.1 Å². The molecule has 17 aromatic rings. The third-order valence-electron chi connectivity index (χ3n) is 17.5. The van der Waals surface area contributed by atoms with Crippen molar-refractivity contribution in [1.29, 1.82) is 0 Å². The fourth-order valence-electron chi connectivity index (χ4n) is 13.1. The van der Waals surface area contributed by atoms with Gasteiger partial charge in [-0.25, -0.2) is 4.98 Å². The van der Waals surface area contributed by atoms with E-state index < -0.39 is 7.14 Å². The van der Waals surface area contributed by atoms with Gasteiger partial charge >= 0.3 is 0 Å². The van der Waals surface area contributed by atoms with E-state index in [1.54, 1.807) is 0 Å². The van der Waals surface area contributed by atoms with Crippen LogP contribution in [0.15, 0.2) is 326 Å². The van der Waals surface area contributed by atoms with Gasteiger partial charge in [-0.05, 0) is 107 Å². The molecule has 4 aromatic heterocycles. The van der Waals surface area contributed by atoms with Gasteiger partial charge in [0.2, 0.25) is 5.95 Å². The Labute approximate surface area is 518 Å². The highest BCUT2D eigenvalue weighted by atomic mass is 31.2. The maximum Gasteiger partial charge on any atom is 0.238 e. The maximum atomic E-state index is 15.3. The van der Waals surface area contributed by atoms with Crippen molar-refractivity contribution in [3.05, 3.63) is 322 Å². The summed E-state index contributed by atoms with van der Waals surface area (Å²) in [7, 11) is -3.15. The van der Waals surface area contributed by atoms with Gasteiger partial charge in [0.1, 0.15) is 11.2 Å². The number of aromatic nitrogens is 5. The van der Waals surface area contributed by atoms with Crippen molar-refractivity contribution in [3.63, 3.8) is 0 Å². The summed E-state index contributed by atoms with van der Waals surface area (Å²) in [6.07, 6.45) is 0. The number of anilines is 3. The minimum absolute atomic E-state index is 0.504. The molecular weight excluding hydrogens is 1120 g/mol. The molecule has 0 atom stereocenters. The Bertz CT molecular complexity index is 5440. The van der Waals surface area contributed by atoms with Crippen molar-refractivity contribution in [3.8, 4) is 56.7 Å². The molecule has 0 aliphatic heterocycles. The summed E-state index contributed by atoms with van der Waals surface area (Å²) in [5, 5.41) is 8.90. The molecule has 9 heteroatoms. The van der Waals surface area contributed by atoms with E-state index in [1.165, 1.54) is 21.8 Å². The largest absolute Gasteiger partial charge is 0.456 e. The average Bonchev–Trinajstić information content (AvgIpc) is 1.74. The summed E-state index contributed by atoms with van der Waals surface area (Å²) in [4.78, 5) is 18.0. The van der Waals surface area contributed by atoms with Crippen molar-refractivity contribution < 1.29 is 8.98 Å². The summed E-state index contributed by atoms with van der Waals surface area (Å²) in [6, 6.07) is 111. The van der Waals surface area contributed by atoms with E-state index in [2.05, 4.69) is 190 Å². The van der Waals surface area contributed by atoms with Crippen LogP contribution in [0.25, 0.3) is 122 Å². The molecule has 8 nitrogen and oxygen atoms in total. The van der Waals surface area contributed by atoms with Crippen LogP contribution in [-0.2, 0) is 4.57 Å². The third-order valence-corrected chi connectivity index (χ3v) is 20.6. The number of furan rings is 1. The smallest absolute Gasteiger partial charge is 0.238 e. The molecule has 4 heterocycles. The zero-order chi connectivity index (χ0) is 59.7. The Morgan fingerprint density at radius 3 is 1.26 bits per heavy atom. The van der Waals surface area contributed by atoms with Gasteiger partial charge in [-0.2, -0.15) is 9.97 Å². The normalized spacial score (nSPS) is 11.8. The first-order chi connectivity index (χ1) is 44.5. The fraction of sp³-hybridized carbons (Fsp3) is 0. The van der Waals surface area contributed by atoms with Crippen molar-refractivity contribution in [2.45, 2.75) is 0 Å². The highest BCUT2D eigenvalue weighted by Crippen LogP contribution is 2.45. The van der Waals surface area contributed by atoms with Crippen molar-refractivity contribution in [1.82, 2.24) is 24.1 Å². The van der Waals surface area contributed by atoms with Crippen LogP contribution in [0.5, 0.6) is 0 Å². The topological polar surface area (TPSA) is 82.0 Å². The van der Waals surface area contributed by atoms with Crippen LogP contribution in [-0.4, -0.2) is 24.1 Å². The molecule has 0 bridgehead atoms. The van der Waals surface area contributed by atoms with E-state index in [-0.39, 0.29) is 0 Å². The number of nitrogens with zero attached hydrogens (tertiary/aromatic N) is 6. The summed E-state index contributed by atoms with van der Waals surface area (Å²) in [6.45, 7) is 0. The van der Waals surface area contributed by atoms with Crippen LogP contribution in [0.1, 0.15) is 0 Å². The first-order valence-electron chi connectivity index (χ1n) is 30.2. The van der Waals surface area contributed by atoms with Gasteiger partial charge in [0.15, 0.2) is 18.8 Å². The fourth-order valence-corrected chi connectivity index (χ4v) is 15.8. The van der Waals surface area contributed by atoms with E-state index >= 15 is 4.57 Å². The number of fused-ring (bicyclic) bond motifs is 9. The summed E-state index contributed by atoms with van der Waals surface area (Å²) in [5.74, 6) is 1.66. The Hall–Kier alpha value is -11.7. The summed E-state index contributed by atoms with van der Waals surface area (Å²) >= 11 is 0. The van der Waals surface area contributed by atoms with Crippen LogP contribution in [0, 0.1) is 0 Å². The number of hydrogen-bond donors (Lipinski definition) is 0. The number of hydrogen-bond acceptors (Lipinski definition) is 6. The molecule has 0 aliphatic rings. The van der Waals surface area contributed by atoms with Crippen LogP contribution in [0.2, 0.25) is 0 Å². The van der Waals surface area contributed by atoms with Gasteiger partial charge in [0, 0.05) is 82.1 Å². The summed E-state index contributed by atoms with van der Waals surface area (Å²) < 4.78 is 26.5. The van der Waals surface area contributed by atoms with Crippen molar-refractivity contribution >= 4 is 106 Å². The molecule has 0 saturated carbocycles. The van der Waals surface area contributed by atoms with Gasteiger partial charge in [-0.3, -0.25) is 4.57 Å². The molecule has 0 N–H and O–H groups in total.